The van der Waals surface area contributed by atoms with Crippen molar-refractivity contribution in [2.24, 2.45) is 0 Å². The van der Waals surface area contributed by atoms with Crippen LogP contribution >= 0.6 is 0 Å². The van der Waals surface area contributed by atoms with Gasteiger partial charge in [0.2, 0.25) is 0 Å². The van der Waals surface area contributed by atoms with Crippen LogP contribution in [0.5, 0.6) is 0 Å². The standard InChI is InChI=1S/C15H27N3O4/c1-11(19)21-13-10-16-9-12(13)17-5-7-18(8-6-17)14(20)22-15(2,3)4/h12-13,16H,5-10H2,1-4H3. The molecule has 2 aliphatic heterocycles. The molecule has 2 unspecified atom stereocenters. The minimum atomic E-state index is -0.468. The van der Waals surface area contributed by atoms with Gasteiger partial charge in [0.25, 0.3) is 0 Å². The molecule has 7 nitrogen and oxygen atoms in total. The Morgan fingerprint density at radius 1 is 1.09 bits per heavy atom. The Labute approximate surface area is 131 Å². The second-order valence-corrected chi connectivity index (χ2v) is 6.88. The molecular formula is C15H27N3O4. The first kappa shape index (κ1) is 17.0. The fraction of sp³-hybridized carbons (Fsp3) is 0.867. The van der Waals surface area contributed by atoms with Crippen LogP contribution in [0.1, 0.15) is 27.7 Å². The van der Waals surface area contributed by atoms with E-state index in [9.17, 15) is 9.59 Å². The summed E-state index contributed by atoms with van der Waals surface area (Å²) in [5, 5.41) is 3.27. The van der Waals surface area contributed by atoms with Gasteiger partial charge in [-0.05, 0) is 20.8 Å². The lowest BCUT2D eigenvalue weighted by molar-refractivity contribution is -0.148. The van der Waals surface area contributed by atoms with Crippen LogP contribution < -0.4 is 5.32 Å². The SMILES string of the molecule is CC(=O)OC1CNCC1N1CCN(C(=O)OC(C)(C)C)CC1. The number of carbonyl (C=O) groups is 2. The predicted octanol–water partition coefficient (Wildman–Crippen LogP) is 0.443. The molecule has 2 heterocycles. The summed E-state index contributed by atoms with van der Waals surface area (Å²) < 4.78 is 10.8. The van der Waals surface area contributed by atoms with Gasteiger partial charge < -0.3 is 19.7 Å². The van der Waals surface area contributed by atoms with Gasteiger partial charge >= 0.3 is 12.1 Å². The lowest BCUT2D eigenvalue weighted by Crippen LogP contribution is -2.55. The maximum Gasteiger partial charge on any atom is 0.410 e. The van der Waals surface area contributed by atoms with E-state index in [2.05, 4.69) is 10.2 Å². The van der Waals surface area contributed by atoms with Gasteiger partial charge in [-0.15, -0.1) is 0 Å². The van der Waals surface area contributed by atoms with E-state index in [0.29, 0.717) is 19.6 Å². The summed E-state index contributed by atoms with van der Waals surface area (Å²) in [4.78, 5) is 27.2. The van der Waals surface area contributed by atoms with Crippen molar-refractivity contribution in [2.75, 3.05) is 39.3 Å². The molecule has 2 rings (SSSR count). The number of hydrogen-bond acceptors (Lipinski definition) is 6. The molecule has 7 heteroatoms. The van der Waals surface area contributed by atoms with Gasteiger partial charge in [0, 0.05) is 46.2 Å². The minimum absolute atomic E-state index is 0.106. The summed E-state index contributed by atoms with van der Waals surface area (Å²) in [6.07, 6.45) is -0.362. The van der Waals surface area contributed by atoms with Crippen molar-refractivity contribution in [3.63, 3.8) is 0 Å². The van der Waals surface area contributed by atoms with Crippen molar-refractivity contribution in [1.29, 1.82) is 0 Å². The number of rotatable bonds is 2. The van der Waals surface area contributed by atoms with Crippen molar-refractivity contribution in [3.8, 4) is 0 Å². The average molecular weight is 313 g/mol. The van der Waals surface area contributed by atoms with Gasteiger partial charge in [0.1, 0.15) is 11.7 Å². The molecular weight excluding hydrogens is 286 g/mol. The van der Waals surface area contributed by atoms with Gasteiger partial charge in [-0.3, -0.25) is 9.69 Å². The summed E-state index contributed by atoms with van der Waals surface area (Å²) in [6.45, 7) is 11.4. The Bertz CT molecular complexity index is 414. The van der Waals surface area contributed by atoms with Crippen LogP contribution in [0.2, 0.25) is 0 Å². The largest absolute Gasteiger partial charge is 0.459 e. The highest BCUT2D eigenvalue weighted by molar-refractivity contribution is 5.68. The number of nitrogens with zero attached hydrogens (tertiary/aromatic N) is 2. The van der Waals surface area contributed by atoms with Gasteiger partial charge in [-0.1, -0.05) is 0 Å². The third-order valence-electron chi connectivity index (χ3n) is 3.88. The molecule has 0 radical (unpaired) electrons. The van der Waals surface area contributed by atoms with Crippen molar-refractivity contribution < 1.29 is 19.1 Å². The molecule has 0 aromatic heterocycles. The summed E-state index contributed by atoms with van der Waals surface area (Å²) in [5.41, 5.74) is -0.468. The van der Waals surface area contributed by atoms with Gasteiger partial charge in [-0.2, -0.15) is 0 Å². The molecule has 2 saturated heterocycles. The van der Waals surface area contributed by atoms with E-state index in [1.165, 1.54) is 6.92 Å². The molecule has 0 aliphatic carbocycles. The maximum absolute atomic E-state index is 12.1. The number of nitrogens with one attached hydrogen (secondary N) is 1. The zero-order valence-corrected chi connectivity index (χ0v) is 13.9. The molecule has 0 spiro atoms. The van der Waals surface area contributed by atoms with E-state index in [4.69, 9.17) is 9.47 Å². The summed E-state index contributed by atoms with van der Waals surface area (Å²) in [7, 11) is 0. The number of piperazine rings is 1. The van der Waals surface area contributed by atoms with E-state index in [1.807, 2.05) is 20.8 Å². The second-order valence-electron chi connectivity index (χ2n) is 6.88. The van der Waals surface area contributed by atoms with Crippen LogP contribution in [0.4, 0.5) is 4.79 Å². The lowest BCUT2D eigenvalue weighted by atomic mass is 10.1. The monoisotopic (exact) mass is 313 g/mol. The first-order valence-electron chi connectivity index (χ1n) is 7.86. The molecule has 1 amide bonds. The molecule has 0 aromatic carbocycles. The number of hydrogen-bond donors (Lipinski definition) is 1. The highest BCUT2D eigenvalue weighted by atomic mass is 16.6. The predicted molar refractivity (Wildman–Crippen MR) is 81.6 cm³/mol. The van der Waals surface area contributed by atoms with Crippen LogP contribution in [0.15, 0.2) is 0 Å². The molecule has 0 saturated carbocycles. The maximum atomic E-state index is 12.1. The third kappa shape index (κ3) is 4.58. The molecule has 22 heavy (non-hydrogen) atoms. The normalized spacial score (nSPS) is 26.8. The van der Waals surface area contributed by atoms with E-state index in [1.54, 1.807) is 4.90 Å². The first-order valence-corrected chi connectivity index (χ1v) is 7.86. The molecule has 0 aromatic rings. The van der Waals surface area contributed by atoms with Crippen LogP contribution in [0, 0.1) is 0 Å². The van der Waals surface area contributed by atoms with Crippen LogP contribution in [-0.4, -0.2) is 78.9 Å². The van der Waals surface area contributed by atoms with Crippen molar-refractivity contribution in [1.82, 2.24) is 15.1 Å². The Balaban J connectivity index is 1.84. The van der Waals surface area contributed by atoms with Crippen LogP contribution in [0.3, 0.4) is 0 Å². The van der Waals surface area contributed by atoms with Crippen molar-refractivity contribution in [2.45, 2.75) is 45.4 Å². The smallest absolute Gasteiger partial charge is 0.410 e. The lowest BCUT2D eigenvalue weighted by Gasteiger charge is -2.39. The molecule has 2 fully saturated rings. The zero-order chi connectivity index (χ0) is 16.3. The summed E-state index contributed by atoms with van der Waals surface area (Å²) in [5.74, 6) is -0.244. The molecule has 0 bridgehead atoms. The summed E-state index contributed by atoms with van der Waals surface area (Å²) in [6, 6.07) is 0.185. The minimum Gasteiger partial charge on any atom is -0.459 e. The van der Waals surface area contributed by atoms with E-state index >= 15 is 0 Å². The number of ether oxygens (including phenoxy) is 2. The van der Waals surface area contributed by atoms with Crippen LogP contribution in [0.25, 0.3) is 0 Å². The van der Waals surface area contributed by atoms with E-state index in [-0.39, 0.29) is 24.2 Å². The Morgan fingerprint density at radius 2 is 1.73 bits per heavy atom. The van der Waals surface area contributed by atoms with Crippen LogP contribution in [-0.2, 0) is 14.3 Å². The molecule has 126 valence electrons. The number of amides is 1. The number of esters is 1. The fourth-order valence-electron chi connectivity index (χ4n) is 2.90. The Kier molecular flexibility index (Phi) is 5.28. The quantitative estimate of drug-likeness (QED) is 0.746. The van der Waals surface area contributed by atoms with E-state index in [0.717, 1.165) is 19.6 Å². The van der Waals surface area contributed by atoms with Crippen molar-refractivity contribution in [3.05, 3.63) is 0 Å². The summed E-state index contributed by atoms with van der Waals surface area (Å²) >= 11 is 0. The Hall–Kier alpha value is -1.34. The van der Waals surface area contributed by atoms with Gasteiger partial charge in [0.05, 0.1) is 6.04 Å². The first-order chi connectivity index (χ1) is 10.3. The highest BCUT2D eigenvalue weighted by Gasteiger charge is 2.36. The topological polar surface area (TPSA) is 71.1 Å². The zero-order valence-electron chi connectivity index (χ0n) is 13.9. The van der Waals surface area contributed by atoms with Gasteiger partial charge in [0.15, 0.2) is 0 Å². The highest BCUT2D eigenvalue weighted by Crippen LogP contribution is 2.17. The van der Waals surface area contributed by atoms with E-state index < -0.39 is 5.60 Å². The third-order valence-corrected chi connectivity index (χ3v) is 3.88. The second kappa shape index (κ2) is 6.83. The number of carbonyl (C=O) groups excluding carboxylic acids is 2. The molecule has 2 atom stereocenters. The Morgan fingerprint density at radius 3 is 2.27 bits per heavy atom. The molecule has 1 N–H and O–H groups in total. The van der Waals surface area contributed by atoms with Crippen molar-refractivity contribution >= 4 is 12.1 Å². The van der Waals surface area contributed by atoms with Gasteiger partial charge in [-0.25, -0.2) is 4.79 Å². The molecule has 2 aliphatic rings. The fourth-order valence-corrected chi connectivity index (χ4v) is 2.90. The average Bonchev–Trinajstić information content (AvgIpc) is 2.84.